The van der Waals surface area contributed by atoms with E-state index in [2.05, 4.69) is 15.0 Å². The molecule has 10 rings (SSSR count). The van der Waals surface area contributed by atoms with Crippen LogP contribution >= 0.6 is 0 Å². The molecule has 5 heteroatoms. The fraction of sp³-hybridized carbons (Fsp3) is 0. The molecule has 0 aliphatic rings. The minimum atomic E-state index is -1.03. The van der Waals surface area contributed by atoms with Gasteiger partial charge in [0, 0.05) is 49.5 Å². The van der Waals surface area contributed by atoms with Gasteiger partial charge in [-0.1, -0.05) is 139 Å². The van der Waals surface area contributed by atoms with Crippen molar-refractivity contribution in [3.05, 3.63) is 169 Å². The highest BCUT2D eigenvalue weighted by Gasteiger charge is 2.21. The van der Waals surface area contributed by atoms with E-state index in [4.69, 9.17) is 33.2 Å². The molecule has 50 heavy (non-hydrogen) atoms. The summed E-state index contributed by atoms with van der Waals surface area (Å²) in [5.41, 5.74) is -7.23. The Morgan fingerprint density at radius 2 is 1.00 bits per heavy atom. The lowest BCUT2D eigenvalue weighted by Crippen LogP contribution is -2.02. The number of hydrogen-bond acceptors (Lipinski definition) is 4. The average molecular weight is 669 g/mol. The summed E-state index contributed by atoms with van der Waals surface area (Å²) in [4.78, 5) is 13.0. The molecule has 0 atom stereocenters. The van der Waals surface area contributed by atoms with Crippen molar-refractivity contribution in [1.29, 1.82) is 0 Å². The van der Waals surface area contributed by atoms with Gasteiger partial charge in [-0.25, -0.2) is 15.0 Å². The van der Waals surface area contributed by atoms with E-state index in [1.165, 1.54) is 0 Å². The minimum Gasteiger partial charge on any atom is -0.455 e. The van der Waals surface area contributed by atoms with Gasteiger partial charge in [0.05, 0.1) is 49.4 Å². The van der Waals surface area contributed by atoms with Crippen molar-refractivity contribution in [3.8, 4) is 51.0 Å². The van der Waals surface area contributed by atoms with E-state index in [0.29, 0.717) is 0 Å². The van der Waals surface area contributed by atoms with Crippen molar-refractivity contribution in [1.82, 2.24) is 19.5 Å². The number of aromatic nitrogens is 4. The first-order valence-electron chi connectivity index (χ1n) is 28.4. The van der Waals surface area contributed by atoms with Crippen LogP contribution in [0.4, 0.5) is 0 Å². The van der Waals surface area contributed by atoms with Crippen LogP contribution in [0.15, 0.2) is 174 Å². The van der Waals surface area contributed by atoms with E-state index in [1.54, 1.807) is 0 Å². The Kier molecular flexibility index (Phi) is 2.72. The minimum absolute atomic E-state index is 0.574. The van der Waals surface area contributed by atoms with Gasteiger partial charge in [0.1, 0.15) is 11.2 Å². The molecule has 0 aliphatic carbocycles. The molecule has 234 valence electrons. The first-order chi connectivity index (χ1) is 36.4. The summed E-state index contributed by atoms with van der Waals surface area (Å²) in [5.74, 6) is -2.63. The lowest BCUT2D eigenvalue weighted by molar-refractivity contribution is 0.670. The van der Waals surface area contributed by atoms with Crippen LogP contribution in [0.25, 0.3) is 94.7 Å². The normalized spacial score (nSPS) is 19.4. The average Bonchev–Trinajstić information content (AvgIpc) is 4.16. The van der Waals surface area contributed by atoms with Crippen LogP contribution in [-0.4, -0.2) is 19.5 Å². The smallest absolute Gasteiger partial charge is 0.166 e. The van der Waals surface area contributed by atoms with E-state index in [9.17, 15) is 9.60 Å². The molecule has 0 radical (unpaired) electrons. The number of rotatable bonds is 5. The Labute approximate surface area is 327 Å². The van der Waals surface area contributed by atoms with Gasteiger partial charge in [0.25, 0.3) is 0 Å². The molecule has 3 aromatic heterocycles. The Morgan fingerprint density at radius 3 is 1.70 bits per heavy atom. The molecule has 10 aromatic rings. The predicted octanol–water partition coefficient (Wildman–Crippen LogP) is 11.5. The van der Waals surface area contributed by atoms with Gasteiger partial charge >= 0.3 is 0 Å². The monoisotopic (exact) mass is 668 g/mol. The van der Waals surface area contributed by atoms with E-state index < -0.39 is 264 Å². The first-order valence-corrected chi connectivity index (χ1v) is 14.4. The summed E-state index contributed by atoms with van der Waals surface area (Å²) in [7, 11) is 0. The highest BCUT2D eigenvalue weighted by molar-refractivity contribution is 6.14. The SMILES string of the molecule is [2H]c1c([2H])c([2H])c(-c2nc(-c3c([2H])c([2H])c([2H])c([2H])c3[2H])nc(-c3c([2H])c([2H])c([2H])c4c5c([2H])c([2H])c([2H])c([2H])c5n(-c5c([2H])c([2H])c6oc7c(-c8c([2H])c([2H])c([2H])c([2H])c8[2H])c([2H])c([2H])c([2H])c7c6c5[2H])c34)n2)c([2H])c1[2H]. The van der Waals surface area contributed by atoms with Gasteiger partial charge in [-0.05, 0) is 35.8 Å². The molecule has 0 fully saturated rings. The van der Waals surface area contributed by atoms with E-state index >= 15 is 0 Å². The van der Waals surface area contributed by atoms with Gasteiger partial charge in [0.2, 0.25) is 0 Å². The Morgan fingerprint density at radius 1 is 0.440 bits per heavy atom. The number of fused-ring (bicyclic) bond motifs is 6. The molecule has 0 amide bonds. The van der Waals surface area contributed by atoms with Gasteiger partial charge in [-0.15, -0.1) is 0 Å². The molecule has 0 N–H and O–H groups in total. The van der Waals surface area contributed by atoms with Crippen LogP contribution in [0.2, 0.25) is 0 Å². The summed E-state index contributed by atoms with van der Waals surface area (Å²) in [6.07, 6.45) is 0. The van der Waals surface area contributed by atoms with Gasteiger partial charge in [-0.3, -0.25) is 0 Å². The van der Waals surface area contributed by atoms with E-state index in [0.717, 1.165) is 4.57 Å². The van der Waals surface area contributed by atoms with E-state index in [1.807, 2.05) is 0 Å². The third-order valence-electron chi connectivity index (χ3n) is 7.54. The third-order valence-corrected chi connectivity index (χ3v) is 7.54. The summed E-state index contributed by atoms with van der Waals surface area (Å²) in [6, 6.07) is -25.7. The highest BCUT2D eigenvalue weighted by atomic mass is 16.3. The third kappa shape index (κ3) is 4.52. The topological polar surface area (TPSA) is 56.7 Å². The zero-order chi connectivity index (χ0) is 57.4. The quantitative estimate of drug-likeness (QED) is 0.183. The zero-order valence-corrected chi connectivity index (χ0v) is 24.7. The molecule has 5 nitrogen and oxygen atoms in total. The molecule has 0 aliphatic heterocycles. The van der Waals surface area contributed by atoms with Crippen molar-refractivity contribution >= 4 is 43.7 Å². The second-order valence-electron chi connectivity index (χ2n) is 10.3. The summed E-state index contributed by atoms with van der Waals surface area (Å²) < 4.78 is 254. The van der Waals surface area contributed by atoms with Gasteiger partial charge < -0.3 is 8.98 Å². The maximum Gasteiger partial charge on any atom is 0.166 e. The molecular formula is C45H28N4O. The van der Waals surface area contributed by atoms with Crippen LogP contribution in [0, 0.1) is 0 Å². The van der Waals surface area contributed by atoms with Crippen molar-refractivity contribution < 1.29 is 42.8 Å². The highest BCUT2D eigenvalue weighted by Crippen LogP contribution is 2.41. The lowest BCUT2D eigenvalue weighted by Gasteiger charge is -2.13. The fourth-order valence-corrected chi connectivity index (χ4v) is 5.47. The Hall–Kier alpha value is -6.85. The fourth-order valence-electron chi connectivity index (χ4n) is 5.47. The summed E-state index contributed by atoms with van der Waals surface area (Å²) in [5, 5.41) is -2.40. The second kappa shape index (κ2) is 11.4. The molecule has 7 aromatic carbocycles. The Balaban J connectivity index is 1.46. The van der Waals surface area contributed by atoms with Crippen molar-refractivity contribution in [3.63, 3.8) is 0 Å². The number of para-hydroxylation sites is 3. The van der Waals surface area contributed by atoms with Crippen LogP contribution in [0.5, 0.6) is 0 Å². The summed E-state index contributed by atoms with van der Waals surface area (Å²) >= 11 is 0. The van der Waals surface area contributed by atoms with Crippen molar-refractivity contribution in [2.75, 3.05) is 0 Å². The van der Waals surface area contributed by atoms with Crippen LogP contribution in [0.3, 0.4) is 0 Å². The molecule has 0 unspecified atom stereocenters. The maximum atomic E-state index is 9.94. The lowest BCUT2D eigenvalue weighted by atomic mass is 10.0. The molecular weight excluding hydrogens is 613 g/mol. The van der Waals surface area contributed by atoms with E-state index in [-0.39, 0.29) is 0 Å². The van der Waals surface area contributed by atoms with Gasteiger partial charge in [-0.2, -0.15) is 0 Å². The molecule has 0 bridgehead atoms. The van der Waals surface area contributed by atoms with Crippen molar-refractivity contribution in [2.24, 2.45) is 0 Å². The summed E-state index contributed by atoms with van der Waals surface area (Å²) in [6.45, 7) is 0. The Bertz CT molecular complexity index is 4320. The molecule has 0 spiro atoms. The molecule has 0 saturated heterocycles. The number of furan rings is 1. The zero-order valence-electron chi connectivity index (χ0n) is 52.7. The van der Waals surface area contributed by atoms with Crippen LogP contribution in [0.1, 0.15) is 38.4 Å². The standard InChI is InChI=1S/C45H28N4O/c1-4-14-29(15-5-1)33-21-12-23-36-38-28-32(26-27-40(38)50-42(33)36)49-39-25-11-10-20-34(39)35-22-13-24-37(41(35)49)45-47-43(30-16-6-2-7-17-30)46-44(48-45)31-18-8-3-9-19-31/h1-28H/i1D,2D,3D,4D,5D,6D,7D,8D,9D,10D,11D,12D,13D,14D,15D,16D,17D,18D,19D,20D,21D,22D,23D,24D,25D,26D,27D,28D. The van der Waals surface area contributed by atoms with Crippen LogP contribution in [-0.2, 0) is 0 Å². The first kappa shape index (κ1) is 11.9. The second-order valence-corrected chi connectivity index (χ2v) is 10.3. The molecule has 3 heterocycles. The molecule has 0 saturated carbocycles. The maximum absolute atomic E-state index is 9.94. The predicted molar refractivity (Wildman–Crippen MR) is 203 cm³/mol. The van der Waals surface area contributed by atoms with Crippen molar-refractivity contribution in [2.45, 2.75) is 0 Å². The number of hydrogen-bond donors (Lipinski definition) is 0. The van der Waals surface area contributed by atoms with Gasteiger partial charge in [0.15, 0.2) is 17.5 Å². The number of nitrogens with zero attached hydrogens (tertiary/aromatic N) is 4. The largest absolute Gasteiger partial charge is 0.455 e. The number of benzene rings is 7. The van der Waals surface area contributed by atoms with Crippen LogP contribution < -0.4 is 0 Å².